The van der Waals surface area contributed by atoms with Crippen molar-refractivity contribution in [2.75, 3.05) is 0 Å². The Balaban J connectivity index is 2.18. The van der Waals surface area contributed by atoms with Crippen LogP contribution in [-0.4, -0.2) is 8.42 Å². The predicted molar refractivity (Wildman–Crippen MR) is 102 cm³/mol. The number of rotatable bonds is 2. The van der Waals surface area contributed by atoms with Gasteiger partial charge >= 0.3 is 0 Å². The van der Waals surface area contributed by atoms with E-state index in [1.807, 2.05) is 74.5 Å². The zero-order chi connectivity index (χ0) is 17.6. The van der Waals surface area contributed by atoms with E-state index in [0.717, 1.165) is 33.4 Å². The predicted octanol–water partition coefficient (Wildman–Crippen LogP) is 5.01. The Morgan fingerprint density at radius 2 is 1.08 bits per heavy atom. The van der Waals surface area contributed by atoms with Gasteiger partial charge in [-0.15, -0.1) is 0 Å². The van der Waals surface area contributed by atoms with Crippen LogP contribution in [0, 0.1) is 13.8 Å². The van der Waals surface area contributed by atoms with Crippen molar-refractivity contribution in [1.82, 2.24) is 0 Å². The Morgan fingerprint density at radius 3 is 1.68 bits per heavy atom. The maximum absolute atomic E-state index is 13.4. The third kappa shape index (κ3) is 2.35. The highest BCUT2D eigenvalue weighted by Gasteiger charge is 2.37. The van der Waals surface area contributed by atoms with E-state index < -0.39 is 9.84 Å². The van der Waals surface area contributed by atoms with Gasteiger partial charge in [0, 0.05) is 11.1 Å². The third-order valence-electron chi connectivity index (χ3n) is 4.75. The molecule has 0 saturated carbocycles. The van der Waals surface area contributed by atoms with Crippen LogP contribution in [0.25, 0.3) is 10.5 Å². The van der Waals surface area contributed by atoms with Crippen LogP contribution >= 0.6 is 0 Å². The first kappa shape index (κ1) is 15.9. The Bertz CT molecular complexity index is 1120. The average Bonchev–Trinajstić information content (AvgIpc) is 2.84. The second-order valence-corrected chi connectivity index (χ2v) is 8.19. The van der Waals surface area contributed by atoms with Gasteiger partial charge in [-0.1, -0.05) is 66.7 Å². The van der Waals surface area contributed by atoms with Crippen molar-refractivity contribution < 1.29 is 8.42 Å². The molecule has 0 spiro atoms. The van der Waals surface area contributed by atoms with Crippen LogP contribution in [0.4, 0.5) is 0 Å². The van der Waals surface area contributed by atoms with Gasteiger partial charge in [-0.3, -0.25) is 0 Å². The van der Waals surface area contributed by atoms with Gasteiger partial charge in [-0.25, -0.2) is 8.42 Å². The minimum atomic E-state index is -3.56. The normalized spacial score (nSPS) is 15.3. The van der Waals surface area contributed by atoms with E-state index in [4.69, 9.17) is 0 Å². The average molecular weight is 346 g/mol. The largest absolute Gasteiger partial charge is 0.218 e. The van der Waals surface area contributed by atoms with Crippen LogP contribution in [0.2, 0.25) is 0 Å². The lowest BCUT2D eigenvalue weighted by Crippen LogP contribution is -2.02. The maximum atomic E-state index is 13.4. The number of sulfone groups is 1. The molecule has 3 aromatic carbocycles. The van der Waals surface area contributed by atoms with Gasteiger partial charge in [-0.2, -0.15) is 0 Å². The van der Waals surface area contributed by atoms with Crippen LogP contribution < -0.4 is 0 Å². The molecule has 0 fully saturated rings. The van der Waals surface area contributed by atoms with Crippen molar-refractivity contribution in [1.29, 1.82) is 0 Å². The highest BCUT2D eigenvalue weighted by molar-refractivity contribution is 8.01. The van der Waals surface area contributed by atoms with Crippen molar-refractivity contribution in [3.63, 3.8) is 0 Å². The van der Waals surface area contributed by atoms with Gasteiger partial charge in [0.1, 0.15) is 0 Å². The Morgan fingerprint density at radius 1 is 0.600 bits per heavy atom. The summed E-state index contributed by atoms with van der Waals surface area (Å²) >= 11 is 0. The van der Waals surface area contributed by atoms with Crippen LogP contribution in [0.1, 0.15) is 27.8 Å². The van der Waals surface area contributed by atoms with Crippen molar-refractivity contribution in [3.8, 4) is 0 Å². The first-order valence-electron chi connectivity index (χ1n) is 8.22. The lowest BCUT2D eigenvalue weighted by molar-refractivity contribution is 0.606. The van der Waals surface area contributed by atoms with E-state index in [-0.39, 0.29) is 0 Å². The van der Waals surface area contributed by atoms with E-state index in [1.54, 1.807) is 12.1 Å². The fraction of sp³-hybridized carbons (Fsp3) is 0.0909. The molecule has 3 aromatic rings. The van der Waals surface area contributed by atoms with E-state index >= 15 is 0 Å². The number of hydrogen-bond acceptors (Lipinski definition) is 2. The molecule has 1 aliphatic rings. The molecule has 0 saturated heterocycles. The molecule has 0 atom stereocenters. The van der Waals surface area contributed by atoms with Crippen molar-refractivity contribution in [3.05, 3.63) is 101 Å². The van der Waals surface area contributed by atoms with Crippen LogP contribution in [0.3, 0.4) is 0 Å². The molecule has 25 heavy (non-hydrogen) atoms. The van der Waals surface area contributed by atoms with Crippen molar-refractivity contribution in [2.24, 2.45) is 0 Å². The van der Waals surface area contributed by atoms with Gasteiger partial charge in [-0.05, 0) is 42.2 Å². The fourth-order valence-corrected chi connectivity index (χ4v) is 5.45. The monoisotopic (exact) mass is 346 g/mol. The van der Waals surface area contributed by atoms with Gasteiger partial charge < -0.3 is 0 Å². The van der Waals surface area contributed by atoms with E-state index in [9.17, 15) is 8.42 Å². The topological polar surface area (TPSA) is 34.1 Å². The summed E-state index contributed by atoms with van der Waals surface area (Å²) in [5, 5.41) is 0. The smallest absolute Gasteiger partial charge is 0.208 e. The second-order valence-electron chi connectivity index (χ2n) is 6.33. The standard InChI is InChI=1S/C22H18O2S/c1-15-9-3-5-11-17(15)21-19-13-7-8-14-20(19)25(23,24)22(21)18-12-6-4-10-16(18)2/h3-14H,1-2H3. The summed E-state index contributed by atoms with van der Waals surface area (Å²) in [7, 11) is -3.56. The number of benzene rings is 3. The molecule has 0 radical (unpaired) electrons. The summed E-state index contributed by atoms with van der Waals surface area (Å²) in [6, 6.07) is 22.9. The molecule has 0 unspecified atom stereocenters. The molecular formula is C22H18O2S. The molecule has 0 bridgehead atoms. The first-order chi connectivity index (χ1) is 12.0. The van der Waals surface area contributed by atoms with Crippen LogP contribution in [0.5, 0.6) is 0 Å². The first-order valence-corrected chi connectivity index (χ1v) is 9.71. The molecule has 0 N–H and O–H groups in total. The van der Waals surface area contributed by atoms with Crippen LogP contribution in [-0.2, 0) is 9.84 Å². The minimum absolute atomic E-state index is 0.395. The Hall–Kier alpha value is -2.65. The van der Waals surface area contributed by atoms with Gasteiger partial charge in [0.2, 0.25) is 9.84 Å². The summed E-state index contributed by atoms with van der Waals surface area (Å²) in [6.45, 7) is 3.97. The summed E-state index contributed by atoms with van der Waals surface area (Å²) in [6.07, 6.45) is 0. The second kappa shape index (κ2) is 5.71. The number of hydrogen-bond donors (Lipinski definition) is 0. The molecule has 1 aliphatic heterocycles. The number of fused-ring (bicyclic) bond motifs is 1. The minimum Gasteiger partial charge on any atom is -0.218 e. The lowest BCUT2D eigenvalue weighted by atomic mass is 9.92. The SMILES string of the molecule is Cc1ccccc1C1=C(c2ccccc2C)S(=O)(=O)c2ccccc21. The van der Waals surface area contributed by atoms with Crippen molar-refractivity contribution in [2.45, 2.75) is 18.7 Å². The molecular weight excluding hydrogens is 328 g/mol. The summed E-state index contributed by atoms with van der Waals surface area (Å²) in [5.74, 6) is 0. The molecule has 0 amide bonds. The summed E-state index contributed by atoms with van der Waals surface area (Å²) < 4.78 is 26.7. The molecule has 1 heterocycles. The highest BCUT2D eigenvalue weighted by atomic mass is 32.2. The quantitative estimate of drug-likeness (QED) is 0.654. The molecule has 2 nitrogen and oxygen atoms in total. The zero-order valence-corrected chi connectivity index (χ0v) is 15.0. The molecule has 3 heteroatoms. The lowest BCUT2D eigenvalue weighted by Gasteiger charge is -2.12. The number of aryl methyl sites for hydroxylation is 2. The van der Waals surface area contributed by atoms with E-state index in [1.165, 1.54) is 0 Å². The zero-order valence-electron chi connectivity index (χ0n) is 14.2. The molecule has 0 aromatic heterocycles. The Kier molecular flexibility index (Phi) is 3.62. The summed E-state index contributed by atoms with van der Waals surface area (Å²) in [4.78, 5) is 0.813. The van der Waals surface area contributed by atoms with E-state index in [0.29, 0.717) is 9.80 Å². The third-order valence-corrected chi connectivity index (χ3v) is 6.64. The van der Waals surface area contributed by atoms with Crippen LogP contribution in [0.15, 0.2) is 77.7 Å². The highest BCUT2D eigenvalue weighted by Crippen LogP contribution is 2.48. The van der Waals surface area contributed by atoms with Crippen molar-refractivity contribution >= 4 is 20.3 Å². The Labute approximate surface area is 148 Å². The molecule has 0 aliphatic carbocycles. The fourth-order valence-electron chi connectivity index (χ4n) is 3.50. The van der Waals surface area contributed by atoms with Gasteiger partial charge in [0.05, 0.1) is 9.80 Å². The molecule has 4 rings (SSSR count). The van der Waals surface area contributed by atoms with Gasteiger partial charge in [0.25, 0.3) is 0 Å². The maximum Gasteiger partial charge on any atom is 0.208 e. The van der Waals surface area contributed by atoms with E-state index in [2.05, 4.69) is 0 Å². The molecule has 124 valence electrons. The van der Waals surface area contributed by atoms with Gasteiger partial charge in [0.15, 0.2) is 0 Å². The summed E-state index contributed by atoms with van der Waals surface area (Å²) in [5.41, 5.74) is 5.36.